The van der Waals surface area contributed by atoms with Crippen LogP contribution in [0.3, 0.4) is 0 Å². The van der Waals surface area contributed by atoms with E-state index in [0.717, 1.165) is 0 Å². The molecule has 1 fully saturated rings. The van der Waals surface area contributed by atoms with Crippen molar-refractivity contribution in [3.05, 3.63) is 23.8 Å². The van der Waals surface area contributed by atoms with Crippen LogP contribution in [0.5, 0.6) is 0 Å². The standard InChI is InChI=1S/C16H20O3/c1-10-9-15-6-5-7-16(15,13(18)19-4)12(17)8-11(15)14(10,2)3/h5-6,9,11H,7-8H2,1-4H3/t11-,15+,16+/m0/s1. The van der Waals surface area contributed by atoms with E-state index in [1.54, 1.807) is 0 Å². The molecule has 0 bridgehead atoms. The van der Waals surface area contributed by atoms with Gasteiger partial charge in [0, 0.05) is 11.8 Å². The summed E-state index contributed by atoms with van der Waals surface area (Å²) in [7, 11) is 1.38. The predicted octanol–water partition coefficient (Wildman–Crippen LogP) is 2.67. The van der Waals surface area contributed by atoms with E-state index in [2.05, 4.69) is 32.9 Å². The maximum Gasteiger partial charge on any atom is 0.320 e. The van der Waals surface area contributed by atoms with E-state index in [1.807, 2.05) is 6.08 Å². The van der Waals surface area contributed by atoms with Crippen molar-refractivity contribution in [2.24, 2.45) is 22.2 Å². The molecule has 0 aromatic heterocycles. The highest BCUT2D eigenvalue weighted by molar-refractivity contribution is 6.08. The van der Waals surface area contributed by atoms with E-state index in [0.29, 0.717) is 12.8 Å². The van der Waals surface area contributed by atoms with Crippen LogP contribution >= 0.6 is 0 Å². The fourth-order valence-electron chi connectivity index (χ4n) is 4.54. The van der Waals surface area contributed by atoms with Crippen LogP contribution in [-0.2, 0) is 14.3 Å². The van der Waals surface area contributed by atoms with Crippen LogP contribution < -0.4 is 0 Å². The van der Waals surface area contributed by atoms with Gasteiger partial charge in [0.1, 0.15) is 5.41 Å². The third kappa shape index (κ3) is 1.11. The fraction of sp³-hybridized carbons (Fsp3) is 0.625. The van der Waals surface area contributed by atoms with Crippen molar-refractivity contribution in [3.63, 3.8) is 0 Å². The molecule has 0 radical (unpaired) electrons. The quantitative estimate of drug-likeness (QED) is 0.413. The van der Waals surface area contributed by atoms with Gasteiger partial charge in [0.2, 0.25) is 0 Å². The lowest BCUT2D eigenvalue weighted by atomic mass is 9.62. The van der Waals surface area contributed by atoms with E-state index in [9.17, 15) is 9.59 Å². The lowest BCUT2D eigenvalue weighted by Crippen LogP contribution is -2.46. The van der Waals surface area contributed by atoms with Crippen molar-refractivity contribution in [2.75, 3.05) is 7.11 Å². The maximum absolute atomic E-state index is 12.6. The molecule has 3 aliphatic carbocycles. The summed E-state index contributed by atoms with van der Waals surface area (Å²) in [5.74, 6) is -0.150. The number of methoxy groups -OCH3 is 1. The second-order valence-corrected chi connectivity index (χ2v) is 6.67. The third-order valence-electron chi connectivity index (χ3n) is 5.88. The molecule has 0 heterocycles. The van der Waals surface area contributed by atoms with Crippen LogP contribution in [-0.4, -0.2) is 18.9 Å². The Morgan fingerprint density at radius 1 is 1.42 bits per heavy atom. The molecule has 1 spiro atoms. The number of hydrogen-bond donors (Lipinski definition) is 0. The van der Waals surface area contributed by atoms with Crippen molar-refractivity contribution >= 4 is 11.8 Å². The second kappa shape index (κ2) is 3.38. The van der Waals surface area contributed by atoms with Crippen LogP contribution in [0.4, 0.5) is 0 Å². The van der Waals surface area contributed by atoms with Crippen LogP contribution in [0.2, 0.25) is 0 Å². The van der Waals surface area contributed by atoms with Crippen molar-refractivity contribution in [2.45, 2.75) is 33.6 Å². The summed E-state index contributed by atoms with van der Waals surface area (Å²) < 4.78 is 4.99. The van der Waals surface area contributed by atoms with Gasteiger partial charge in [-0.15, -0.1) is 0 Å². The SMILES string of the molecule is COC(=O)[C@]12CC=C[C@]13C=C(C)C(C)(C)[C@@H]3CC2=O. The first-order valence-electron chi connectivity index (χ1n) is 6.82. The molecule has 0 aromatic carbocycles. The molecule has 102 valence electrons. The Morgan fingerprint density at radius 3 is 2.74 bits per heavy atom. The molecule has 19 heavy (non-hydrogen) atoms. The van der Waals surface area contributed by atoms with Crippen molar-refractivity contribution in [1.82, 2.24) is 0 Å². The highest BCUT2D eigenvalue weighted by atomic mass is 16.5. The summed E-state index contributed by atoms with van der Waals surface area (Å²) in [5, 5.41) is 0. The van der Waals surface area contributed by atoms with Gasteiger partial charge in [-0.2, -0.15) is 0 Å². The van der Waals surface area contributed by atoms with E-state index in [4.69, 9.17) is 4.74 Å². The van der Waals surface area contributed by atoms with Gasteiger partial charge in [0.15, 0.2) is 5.78 Å². The normalized spacial score (nSPS) is 42.0. The summed E-state index contributed by atoms with van der Waals surface area (Å²) in [6.45, 7) is 6.45. The van der Waals surface area contributed by atoms with Crippen molar-refractivity contribution < 1.29 is 14.3 Å². The molecular formula is C16H20O3. The van der Waals surface area contributed by atoms with E-state index in [1.165, 1.54) is 12.7 Å². The molecule has 0 aromatic rings. The van der Waals surface area contributed by atoms with E-state index in [-0.39, 0.29) is 23.1 Å². The number of ether oxygens (including phenoxy) is 1. The first-order chi connectivity index (χ1) is 8.83. The predicted molar refractivity (Wildman–Crippen MR) is 71.3 cm³/mol. The van der Waals surface area contributed by atoms with Gasteiger partial charge in [-0.1, -0.05) is 37.6 Å². The van der Waals surface area contributed by atoms with Gasteiger partial charge < -0.3 is 4.74 Å². The topological polar surface area (TPSA) is 43.4 Å². The zero-order valence-corrected chi connectivity index (χ0v) is 11.9. The largest absolute Gasteiger partial charge is 0.468 e. The van der Waals surface area contributed by atoms with Gasteiger partial charge in [-0.3, -0.25) is 9.59 Å². The van der Waals surface area contributed by atoms with Gasteiger partial charge >= 0.3 is 5.97 Å². The van der Waals surface area contributed by atoms with Crippen LogP contribution in [0.15, 0.2) is 23.8 Å². The lowest BCUT2D eigenvalue weighted by Gasteiger charge is -2.38. The smallest absolute Gasteiger partial charge is 0.320 e. The van der Waals surface area contributed by atoms with Crippen LogP contribution in [0.25, 0.3) is 0 Å². The number of hydrogen-bond acceptors (Lipinski definition) is 3. The van der Waals surface area contributed by atoms with Gasteiger partial charge in [-0.05, 0) is 24.7 Å². The Hall–Kier alpha value is -1.38. The van der Waals surface area contributed by atoms with Gasteiger partial charge in [-0.25, -0.2) is 0 Å². The summed E-state index contributed by atoms with van der Waals surface area (Å²) >= 11 is 0. The average Bonchev–Trinajstić information content (AvgIpc) is 2.89. The molecule has 0 aliphatic heterocycles. The molecular weight excluding hydrogens is 240 g/mol. The molecule has 1 saturated carbocycles. The van der Waals surface area contributed by atoms with Gasteiger partial charge in [0.25, 0.3) is 0 Å². The molecule has 3 rings (SSSR count). The Morgan fingerprint density at radius 2 is 2.11 bits per heavy atom. The second-order valence-electron chi connectivity index (χ2n) is 6.67. The number of rotatable bonds is 1. The zero-order chi connectivity index (χ0) is 14.1. The van der Waals surface area contributed by atoms with Crippen LogP contribution in [0, 0.1) is 22.2 Å². The fourth-order valence-corrected chi connectivity index (χ4v) is 4.54. The molecule has 3 heteroatoms. The molecule has 3 atom stereocenters. The van der Waals surface area contributed by atoms with E-state index < -0.39 is 10.8 Å². The Bertz CT molecular complexity index is 540. The summed E-state index contributed by atoms with van der Waals surface area (Å²) in [4.78, 5) is 25.0. The minimum Gasteiger partial charge on any atom is -0.468 e. The molecule has 0 saturated heterocycles. The van der Waals surface area contributed by atoms with E-state index >= 15 is 0 Å². The molecule has 3 aliphatic rings. The monoisotopic (exact) mass is 260 g/mol. The first kappa shape index (κ1) is 12.6. The average molecular weight is 260 g/mol. The van der Waals surface area contributed by atoms with Gasteiger partial charge in [0.05, 0.1) is 7.11 Å². The highest BCUT2D eigenvalue weighted by Gasteiger charge is 2.73. The number of allylic oxidation sites excluding steroid dienone is 4. The number of esters is 1. The summed E-state index contributed by atoms with van der Waals surface area (Å²) in [6, 6.07) is 0. The Labute approximate surface area is 113 Å². The lowest BCUT2D eigenvalue weighted by molar-refractivity contribution is -0.160. The summed E-state index contributed by atoms with van der Waals surface area (Å²) in [5.41, 5.74) is -0.225. The van der Waals surface area contributed by atoms with Crippen LogP contribution in [0.1, 0.15) is 33.6 Å². The minimum absolute atomic E-state index is 0.0416. The molecule has 0 amide bonds. The molecule has 0 N–H and O–H groups in total. The Balaban J connectivity index is 2.24. The van der Waals surface area contributed by atoms with Crippen molar-refractivity contribution in [1.29, 1.82) is 0 Å². The molecule has 3 nitrogen and oxygen atoms in total. The zero-order valence-electron chi connectivity index (χ0n) is 11.9. The summed E-state index contributed by atoms with van der Waals surface area (Å²) in [6.07, 6.45) is 7.17. The molecule has 0 unspecified atom stereocenters. The number of Topliss-reactive ketones (excluding diaryl/α,β-unsaturated/α-hetero) is 1. The third-order valence-corrected chi connectivity index (χ3v) is 5.88. The first-order valence-corrected chi connectivity index (χ1v) is 6.82. The Kier molecular flexibility index (Phi) is 2.25. The maximum atomic E-state index is 12.6. The van der Waals surface area contributed by atoms with Crippen molar-refractivity contribution in [3.8, 4) is 0 Å². The highest BCUT2D eigenvalue weighted by Crippen LogP contribution is 2.70. The number of carbonyl (C=O) groups is 2. The minimum atomic E-state index is -0.999. The number of ketones is 1. The number of carbonyl (C=O) groups excluding carboxylic acids is 2.